The van der Waals surface area contributed by atoms with Gasteiger partial charge in [0.15, 0.2) is 34.9 Å². The summed E-state index contributed by atoms with van der Waals surface area (Å²) in [5.74, 6) is -5.10. The summed E-state index contributed by atoms with van der Waals surface area (Å²) in [7, 11) is 0. The molecule has 12 atom stereocenters. The maximum Gasteiger partial charge on any atom is 0.253 e. The molecule has 15 nitrogen and oxygen atoms in total. The van der Waals surface area contributed by atoms with Crippen molar-refractivity contribution >= 4 is 46.7 Å². The number of hydrogen-bond acceptors (Lipinski definition) is 12. The van der Waals surface area contributed by atoms with Gasteiger partial charge < -0.3 is 35.1 Å². The van der Waals surface area contributed by atoms with Crippen LogP contribution >= 0.6 is 0 Å². The van der Waals surface area contributed by atoms with Gasteiger partial charge in [-0.2, -0.15) is 0 Å². The summed E-state index contributed by atoms with van der Waals surface area (Å²) < 4.78 is 52.7. The molecule has 2 aromatic rings. The number of anilines is 1. The van der Waals surface area contributed by atoms with E-state index >= 15 is 8.78 Å². The molecule has 2 heterocycles. The number of amides is 4. The molecule has 0 aromatic heterocycles. The van der Waals surface area contributed by atoms with Crippen molar-refractivity contribution in [2.24, 2.45) is 28.6 Å². The first-order chi connectivity index (χ1) is 30.7. The third kappa shape index (κ3) is 7.55. The average molecular weight is 900 g/mol. The first kappa shape index (κ1) is 45.8. The summed E-state index contributed by atoms with van der Waals surface area (Å²) in [6.07, 6.45) is -0.218. The van der Waals surface area contributed by atoms with Gasteiger partial charge in [-0.1, -0.05) is 32.1 Å². The second-order valence-corrected chi connectivity index (χ2v) is 18.4. The Balaban J connectivity index is 0.866. The van der Waals surface area contributed by atoms with E-state index in [2.05, 4.69) is 10.6 Å². The molecular weight excluding hydrogens is 849 g/mol. The lowest BCUT2D eigenvalue weighted by atomic mass is 9.44. The normalized spacial score (nSPS) is 34.2. The molecule has 17 heteroatoms. The van der Waals surface area contributed by atoms with Crippen LogP contribution in [-0.4, -0.2) is 105 Å². The van der Waals surface area contributed by atoms with Crippen LogP contribution in [-0.2, 0) is 43.0 Å². The second-order valence-electron chi connectivity index (χ2n) is 18.4. The van der Waals surface area contributed by atoms with E-state index in [0.717, 1.165) is 23.1 Å². The van der Waals surface area contributed by atoms with Crippen molar-refractivity contribution in [3.8, 4) is 11.5 Å². The Morgan fingerprint density at radius 2 is 1.58 bits per heavy atom. The molecule has 65 heavy (non-hydrogen) atoms. The van der Waals surface area contributed by atoms with Crippen LogP contribution in [0.2, 0.25) is 0 Å². The average Bonchev–Trinajstić information content (AvgIpc) is 3.90. The lowest BCUT2D eigenvalue weighted by Crippen LogP contribution is -2.70. The van der Waals surface area contributed by atoms with Crippen LogP contribution in [0, 0.1) is 28.6 Å². The number of ether oxygens (including phenoxy) is 3. The van der Waals surface area contributed by atoms with Gasteiger partial charge in [0.1, 0.15) is 24.3 Å². The molecule has 2 aromatic carbocycles. The number of nitrogens with zero attached hydrogens (tertiary/aromatic N) is 1. The SMILES string of the molecule is C[C@H](CC(=O)[C@H](C)NC(=O)CCN1C(=O)C=CC1=O)C(=O)Nc1ccc(Oc2ccc([C@@H]3O[C@@H]4C[C@H]5[C@@H]6C[C@H](F)C7=CC(=O)C=C[C@]7(C)[C@@]6(F)[C@@H](O)C[C@]5(C)[C@]4(C(=O)CO)O3)cc2)cc1. The zero-order valence-electron chi connectivity index (χ0n) is 36.3. The van der Waals surface area contributed by atoms with Crippen molar-refractivity contribution < 1.29 is 66.8 Å². The van der Waals surface area contributed by atoms with Crippen LogP contribution < -0.4 is 15.4 Å². The largest absolute Gasteiger partial charge is 0.457 e. The van der Waals surface area contributed by atoms with E-state index in [1.54, 1.807) is 62.4 Å². The fourth-order valence-corrected chi connectivity index (χ4v) is 11.2. The molecule has 0 unspecified atom stereocenters. The number of fused-ring (bicyclic) bond motifs is 7. The summed E-state index contributed by atoms with van der Waals surface area (Å²) in [6, 6.07) is 12.3. The smallest absolute Gasteiger partial charge is 0.253 e. The summed E-state index contributed by atoms with van der Waals surface area (Å²) in [5, 5.41) is 27.4. The van der Waals surface area contributed by atoms with Gasteiger partial charge in [-0.3, -0.25) is 38.5 Å². The zero-order valence-corrected chi connectivity index (χ0v) is 36.3. The number of imide groups is 1. The van der Waals surface area contributed by atoms with Crippen LogP contribution in [0.3, 0.4) is 0 Å². The Labute approximate surface area is 373 Å². The number of halogens is 2. The minimum atomic E-state index is -2.36. The van der Waals surface area contributed by atoms with Gasteiger partial charge in [0.2, 0.25) is 11.8 Å². The monoisotopic (exact) mass is 899 g/mol. The standard InChI is InChI=1S/C48H51F2N3O12/c1-25(19-36(56)26(2)51-40(59)16-18-53-41(60)13-14-42(53)61)43(62)52-28-7-11-31(12-8-28)63-30-9-5-27(6-10-30)44-64-39-22-32-33-21-35(49)34-20-29(55)15-17-45(34,3)47(33,50)37(57)23-46(32,4)48(39,65-44)38(58)24-54/h5-15,17,20,25-26,32-33,35,37,39,44,54,57H,16,18-19,21-24H2,1-4H3,(H,51,59)(H,52,62)/t25-,26+,32+,33+,35+,37+,39-,44-,45+,46+,47+,48-/m1/s1. The third-order valence-electron chi connectivity index (χ3n) is 14.7. The highest BCUT2D eigenvalue weighted by molar-refractivity contribution is 6.13. The minimum Gasteiger partial charge on any atom is -0.457 e. The second kappa shape index (κ2) is 16.9. The number of ketones is 3. The van der Waals surface area contributed by atoms with E-state index in [1.165, 1.54) is 26.0 Å². The van der Waals surface area contributed by atoms with Gasteiger partial charge in [0.25, 0.3) is 11.8 Å². The maximum atomic E-state index is 17.7. The van der Waals surface area contributed by atoms with Crippen molar-refractivity contribution in [3.63, 3.8) is 0 Å². The van der Waals surface area contributed by atoms with Crippen LogP contribution in [0.15, 0.2) is 84.5 Å². The molecule has 4 N–H and O–H groups in total. The number of nitrogens with one attached hydrogen (secondary N) is 2. The third-order valence-corrected chi connectivity index (χ3v) is 14.7. The topological polar surface area (TPSA) is 215 Å². The van der Waals surface area contributed by atoms with Gasteiger partial charge in [0, 0.05) is 65.5 Å². The van der Waals surface area contributed by atoms with Crippen LogP contribution in [0.5, 0.6) is 11.5 Å². The lowest BCUT2D eigenvalue weighted by Gasteiger charge is -2.63. The maximum absolute atomic E-state index is 17.7. The molecule has 0 bridgehead atoms. The zero-order chi connectivity index (χ0) is 46.8. The van der Waals surface area contributed by atoms with E-state index in [-0.39, 0.29) is 50.0 Å². The quantitative estimate of drug-likeness (QED) is 0.193. The summed E-state index contributed by atoms with van der Waals surface area (Å²) >= 11 is 0. The predicted molar refractivity (Wildman–Crippen MR) is 226 cm³/mol. The number of carbonyl (C=O) groups is 7. The van der Waals surface area contributed by atoms with E-state index in [0.29, 0.717) is 22.7 Å². The van der Waals surface area contributed by atoms with E-state index in [1.807, 2.05) is 0 Å². The Morgan fingerprint density at radius 1 is 0.938 bits per heavy atom. The molecule has 4 fully saturated rings. The Bertz CT molecular complexity index is 2400. The number of aliphatic hydroxyl groups is 2. The highest BCUT2D eigenvalue weighted by Gasteiger charge is 2.80. The number of rotatable bonds is 14. The summed E-state index contributed by atoms with van der Waals surface area (Å²) in [6.45, 7) is 5.27. The Kier molecular flexibility index (Phi) is 11.9. The van der Waals surface area contributed by atoms with Crippen LogP contribution in [0.1, 0.15) is 71.7 Å². The number of allylic oxidation sites excluding steroid dienone is 4. The highest BCUT2D eigenvalue weighted by atomic mass is 19.1. The molecule has 1 saturated heterocycles. The predicted octanol–water partition coefficient (Wildman–Crippen LogP) is 4.48. The number of alkyl halides is 2. The molecule has 2 aliphatic heterocycles. The highest BCUT2D eigenvalue weighted by Crippen LogP contribution is 2.72. The molecule has 6 aliphatic rings. The molecular formula is C48H51F2N3O12. The molecule has 4 amide bonds. The first-order valence-corrected chi connectivity index (χ1v) is 21.7. The van der Waals surface area contributed by atoms with Gasteiger partial charge in [0.05, 0.1) is 18.2 Å². The molecule has 4 aliphatic carbocycles. The molecule has 344 valence electrons. The van der Waals surface area contributed by atoms with E-state index < -0.39 is 112 Å². The van der Waals surface area contributed by atoms with Crippen molar-refractivity contribution in [3.05, 3.63) is 90.0 Å². The number of Topliss-reactive ketones (excluding diaryl/α,β-unsaturated/α-hetero) is 2. The van der Waals surface area contributed by atoms with Crippen molar-refractivity contribution in [2.75, 3.05) is 18.5 Å². The van der Waals surface area contributed by atoms with Crippen molar-refractivity contribution in [1.29, 1.82) is 0 Å². The Morgan fingerprint density at radius 3 is 2.23 bits per heavy atom. The molecule has 3 saturated carbocycles. The van der Waals surface area contributed by atoms with Gasteiger partial charge in [-0.25, -0.2) is 8.78 Å². The van der Waals surface area contributed by atoms with Crippen LogP contribution in [0.25, 0.3) is 0 Å². The summed E-state index contributed by atoms with van der Waals surface area (Å²) in [4.78, 5) is 88.5. The van der Waals surface area contributed by atoms with Gasteiger partial charge >= 0.3 is 0 Å². The van der Waals surface area contributed by atoms with Crippen molar-refractivity contribution in [2.45, 2.75) is 102 Å². The fraction of sp³-hybridized carbons (Fsp3) is 0.479. The summed E-state index contributed by atoms with van der Waals surface area (Å²) in [5.41, 5.74) is -6.06. The first-order valence-electron chi connectivity index (χ1n) is 21.7. The number of carbonyl (C=O) groups excluding carboxylic acids is 7. The van der Waals surface area contributed by atoms with Crippen molar-refractivity contribution in [1.82, 2.24) is 10.2 Å². The molecule has 0 spiro atoms. The molecule has 8 rings (SSSR count). The molecule has 0 radical (unpaired) electrons. The van der Waals surface area contributed by atoms with Gasteiger partial charge in [-0.15, -0.1) is 0 Å². The lowest BCUT2D eigenvalue weighted by molar-refractivity contribution is -0.235. The number of hydrogen-bond donors (Lipinski definition) is 4. The number of aliphatic hydroxyl groups excluding tert-OH is 2. The van der Waals surface area contributed by atoms with E-state index in [4.69, 9.17) is 14.2 Å². The van der Waals surface area contributed by atoms with Gasteiger partial charge in [-0.05, 0) is 93.2 Å². The Hall–Kier alpha value is -5.75. The van der Waals surface area contributed by atoms with Crippen LogP contribution in [0.4, 0.5) is 14.5 Å². The minimum absolute atomic E-state index is 0.00739. The fourth-order valence-electron chi connectivity index (χ4n) is 11.2. The number of benzene rings is 2. The van der Waals surface area contributed by atoms with E-state index in [9.17, 15) is 43.8 Å².